The molecular formula is C55H56GeIrN4O-2. The molecule has 7 heteroatoms. The van der Waals surface area contributed by atoms with E-state index in [2.05, 4.69) is 138 Å². The van der Waals surface area contributed by atoms with Crippen LogP contribution in [0.1, 0.15) is 85.2 Å². The van der Waals surface area contributed by atoms with E-state index >= 15 is 0 Å². The number of fused-ring (bicyclic) bond motifs is 4. The summed E-state index contributed by atoms with van der Waals surface area (Å²) in [5.74, 6) is 7.70. The molecule has 0 aliphatic carbocycles. The molecule has 4 heterocycles. The van der Waals surface area contributed by atoms with Crippen LogP contribution in [0.3, 0.4) is 0 Å². The molecule has 9 aromatic rings. The number of aromatic nitrogens is 4. The van der Waals surface area contributed by atoms with E-state index in [0.717, 1.165) is 43.2 Å². The maximum Gasteiger partial charge on any atom is 0 e. The fourth-order valence-electron chi connectivity index (χ4n) is 7.89. The van der Waals surface area contributed by atoms with Gasteiger partial charge < -0.3 is 8.98 Å². The van der Waals surface area contributed by atoms with Crippen molar-refractivity contribution in [2.45, 2.75) is 83.9 Å². The van der Waals surface area contributed by atoms with Crippen LogP contribution in [0.2, 0.25) is 17.3 Å². The molecule has 5 aromatic carbocycles. The zero-order valence-corrected chi connectivity index (χ0v) is 41.2. The maximum atomic E-state index is 8.61. The van der Waals surface area contributed by atoms with Gasteiger partial charge in [0.05, 0.1) is 22.4 Å². The van der Waals surface area contributed by atoms with Crippen LogP contribution in [-0.2, 0) is 26.5 Å². The van der Waals surface area contributed by atoms with Gasteiger partial charge in [0.2, 0.25) is 5.71 Å². The number of hydrogen-bond donors (Lipinski definition) is 0. The predicted molar refractivity (Wildman–Crippen MR) is 259 cm³/mol. The Bertz CT molecular complexity index is 3270. The fourth-order valence-corrected chi connectivity index (χ4v) is 10.8. The van der Waals surface area contributed by atoms with E-state index < -0.39 is 26.5 Å². The normalized spacial score (nSPS) is 13.8. The van der Waals surface area contributed by atoms with E-state index in [0.29, 0.717) is 34.4 Å². The summed E-state index contributed by atoms with van der Waals surface area (Å²) in [5.41, 5.74) is 11.4. The van der Waals surface area contributed by atoms with Crippen LogP contribution in [0.4, 0.5) is 0 Å². The van der Waals surface area contributed by atoms with Crippen molar-refractivity contribution in [3.63, 3.8) is 0 Å². The quantitative estimate of drug-likeness (QED) is 0.107. The second kappa shape index (κ2) is 18.7. The third-order valence-corrected chi connectivity index (χ3v) is 15.1. The third kappa shape index (κ3) is 9.15. The minimum Gasteiger partial charge on any atom is 0 e. The second-order valence-corrected chi connectivity index (χ2v) is 28.1. The van der Waals surface area contributed by atoms with Crippen LogP contribution < -0.4 is 4.40 Å². The first kappa shape index (κ1) is 36.4. The molecule has 9 rings (SSSR count). The standard InChI is InChI=1S/C36H30N3O.C19H26GeN.Ir/c1-22(2)29-20-25(24-12-6-5-7-13-24)21-30(23(3)4)33(29)39-32-18-9-8-17-31(32)38-35(39)28-15-10-14-26-27-16-11-19-37-36(27)40-34(26)28;1-14(2)11-17-12-19(16-9-7-15(3)8-10-16)21-13-18(17)20(4,5)6;/h5-14,16-23H,1-4H3;7-9,12-14H,11H2,1-6H3;/q2*-1;/i;3D3,7D,8D,11D2;. The molecule has 0 amide bonds. The summed E-state index contributed by atoms with van der Waals surface area (Å²) in [6, 6.07) is 40.4. The van der Waals surface area contributed by atoms with Gasteiger partial charge in [-0.1, -0.05) is 81.1 Å². The smallest absolute Gasteiger partial charge is 0 e. The van der Waals surface area contributed by atoms with Crippen molar-refractivity contribution in [3.05, 3.63) is 162 Å². The average Bonchev–Trinajstić information content (AvgIpc) is 3.86. The predicted octanol–water partition coefficient (Wildman–Crippen LogP) is 14.3. The van der Waals surface area contributed by atoms with Crippen molar-refractivity contribution < 1.29 is 34.1 Å². The number of nitrogens with zero attached hydrogens (tertiary/aromatic N) is 4. The number of imidazole rings is 1. The summed E-state index contributed by atoms with van der Waals surface area (Å²) in [5, 5.41) is 2.01. The largest absolute Gasteiger partial charge is 0 e. The Morgan fingerprint density at radius 3 is 2.21 bits per heavy atom. The molecule has 317 valence electrons. The monoisotopic (exact) mass is 1060 g/mol. The van der Waals surface area contributed by atoms with Crippen molar-refractivity contribution in [1.82, 2.24) is 19.5 Å². The molecule has 1 radical (unpaired) electrons. The zero-order chi connectivity index (χ0) is 49.0. The topological polar surface area (TPSA) is 56.7 Å². The van der Waals surface area contributed by atoms with Crippen molar-refractivity contribution in [2.24, 2.45) is 5.92 Å². The number of pyridine rings is 2. The average molecular weight is 1060 g/mol. The van der Waals surface area contributed by atoms with Gasteiger partial charge in [0, 0.05) is 37.4 Å². The first-order valence-electron chi connectivity index (χ1n) is 24.5. The molecule has 0 saturated carbocycles. The van der Waals surface area contributed by atoms with Gasteiger partial charge >= 0.3 is 141 Å². The van der Waals surface area contributed by atoms with Crippen molar-refractivity contribution >= 4 is 50.8 Å². The molecule has 0 fully saturated rings. The fraction of sp³-hybridized carbons (Fsp3) is 0.255. The number of rotatable bonds is 9. The molecular weight excluding hydrogens is 997 g/mol. The molecule has 0 N–H and O–H groups in total. The number of benzene rings is 5. The summed E-state index contributed by atoms with van der Waals surface area (Å²) in [6.45, 7) is 10.2. The van der Waals surface area contributed by atoms with Gasteiger partial charge in [-0.05, 0) is 70.5 Å². The van der Waals surface area contributed by atoms with Gasteiger partial charge in [0.1, 0.15) is 0 Å². The number of para-hydroxylation sites is 2. The van der Waals surface area contributed by atoms with Gasteiger partial charge in [0.25, 0.3) is 0 Å². The molecule has 0 bridgehead atoms. The van der Waals surface area contributed by atoms with E-state index in [1.807, 2.05) is 38.1 Å². The maximum absolute atomic E-state index is 8.61. The minimum atomic E-state index is -2.55. The second-order valence-electron chi connectivity index (χ2n) is 17.5. The molecule has 62 heavy (non-hydrogen) atoms. The van der Waals surface area contributed by atoms with E-state index in [-0.39, 0.29) is 43.7 Å². The van der Waals surface area contributed by atoms with E-state index in [1.54, 1.807) is 18.5 Å². The Morgan fingerprint density at radius 2 is 1.53 bits per heavy atom. The summed E-state index contributed by atoms with van der Waals surface area (Å²) >= 11 is -2.42. The molecule has 0 saturated heterocycles. The molecule has 0 unspecified atom stereocenters. The van der Waals surface area contributed by atoms with Crippen molar-refractivity contribution in [1.29, 1.82) is 0 Å². The SMILES string of the molecule is CC(C)c1cc(-c2ccccc2)cc(C(C)C)c1-n1c(-c2[c-]ccc3c2oc2ncccc23)nc2ccccc21.[2H]c1[c-]c(-c2cc(C([2H])([2H])C(C)C)[c]([Ge]([CH3])([CH3])[CH3])cn2)cc([2H])c1C([2H])([2H])[2H].[Ir]. The Balaban J connectivity index is 0.000000215. The van der Waals surface area contributed by atoms with Gasteiger partial charge in [-0.25, -0.2) is 4.98 Å². The Morgan fingerprint density at radius 1 is 0.806 bits per heavy atom. The van der Waals surface area contributed by atoms with Crippen LogP contribution in [-0.4, -0.2) is 32.8 Å². The van der Waals surface area contributed by atoms with Crippen LogP contribution in [0, 0.1) is 24.9 Å². The first-order valence-corrected chi connectivity index (χ1v) is 28.4. The summed E-state index contributed by atoms with van der Waals surface area (Å²) in [6.07, 6.45) is 1.92. The van der Waals surface area contributed by atoms with Gasteiger partial charge in [-0.2, -0.15) is 0 Å². The summed E-state index contributed by atoms with van der Waals surface area (Å²) in [7, 11) is 0. The zero-order valence-electron chi connectivity index (χ0n) is 43.7. The number of furan rings is 1. The molecule has 0 spiro atoms. The van der Waals surface area contributed by atoms with E-state index in [1.165, 1.54) is 34.0 Å². The molecule has 0 aliphatic heterocycles. The van der Waals surface area contributed by atoms with Gasteiger partial charge in [-0.3, -0.25) is 4.98 Å². The van der Waals surface area contributed by atoms with Crippen molar-refractivity contribution in [2.75, 3.05) is 0 Å². The van der Waals surface area contributed by atoms with Crippen LogP contribution >= 0.6 is 0 Å². The van der Waals surface area contributed by atoms with E-state index in [4.69, 9.17) is 19.0 Å². The summed E-state index contributed by atoms with van der Waals surface area (Å²) < 4.78 is 65.5. The van der Waals surface area contributed by atoms with Crippen LogP contribution in [0.5, 0.6) is 0 Å². The van der Waals surface area contributed by atoms with Crippen LogP contribution in [0.15, 0.2) is 132 Å². The molecule has 4 aromatic heterocycles. The Hall–Kier alpha value is -5.14. The van der Waals surface area contributed by atoms with E-state index in [9.17, 15) is 0 Å². The Kier molecular flexibility index (Phi) is 11.0. The first-order chi connectivity index (χ1) is 32.1. The van der Waals surface area contributed by atoms with Crippen LogP contribution in [0.25, 0.3) is 72.6 Å². The minimum absolute atomic E-state index is 0. The van der Waals surface area contributed by atoms with Crippen molar-refractivity contribution in [3.8, 4) is 39.5 Å². The molecule has 0 aliphatic rings. The molecule has 5 nitrogen and oxygen atoms in total. The third-order valence-electron chi connectivity index (χ3n) is 10.9. The van der Waals surface area contributed by atoms with Gasteiger partial charge in [-0.15, -0.1) is 18.2 Å². The van der Waals surface area contributed by atoms with Gasteiger partial charge in [0.15, 0.2) is 0 Å². The summed E-state index contributed by atoms with van der Waals surface area (Å²) in [4.78, 5) is 14.2. The number of hydrogen-bond acceptors (Lipinski definition) is 4. The molecule has 0 atom stereocenters. The Labute approximate surface area is 393 Å².